The van der Waals surface area contributed by atoms with Crippen LogP contribution in [0.4, 0.5) is 4.39 Å². The van der Waals surface area contributed by atoms with Gasteiger partial charge in [-0.2, -0.15) is 4.98 Å². The Balaban J connectivity index is 1.97. The van der Waals surface area contributed by atoms with Crippen molar-refractivity contribution in [2.45, 2.75) is 20.1 Å². The number of fused-ring (bicyclic) bond motifs is 1. The van der Waals surface area contributed by atoms with E-state index < -0.39 is 0 Å². The number of amides is 1. The molecule has 0 N–H and O–H groups in total. The first kappa shape index (κ1) is 19.2. The lowest BCUT2D eigenvalue weighted by atomic mass is 10.1. The Bertz CT molecular complexity index is 990. The van der Waals surface area contributed by atoms with Crippen LogP contribution in [0.15, 0.2) is 24.3 Å². The highest BCUT2D eigenvalue weighted by atomic mass is 32.1. The molecule has 27 heavy (non-hydrogen) atoms. The lowest BCUT2D eigenvalue weighted by Crippen LogP contribution is -2.26. The van der Waals surface area contributed by atoms with Gasteiger partial charge >= 0.3 is 0 Å². The summed E-state index contributed by atoms with van der Waals surface area (Å²) < 4.78 is 24.4. The molecule has 3 aromatic rings. The van der Waals surface area contributed by atoms with Crippen molar-refractivity contribution in [1.29, 1.82) is 0 Å². The summed E-state index contributed by atoms with van der Waals surface area (Å²) in [5.41, 5.74) is 1.22. The predicted molar refractivity (Wildman–Crippen MR) is 102 cm³/mol. The van der Waals surface area contributed by atoms with E-state index in [4.69, 9.17) is 9.47 Å². The van der Waals surface area contributed by atoms with Crippen LogP contribution in [0, 0.1) is 12.7 Å². The molecule has 2 aromatic heterocycles. The molecule has 8 heteroatoms. The maximum absolute atomic E-state index is 13.9. The van der Waals surface area contributed by atoms with Crippen molar-refractivity contribution in [1.82, 2.24) is 14.9 Å². The van der Waals surface area contributed by atoms with Crippen LogP contribution in [0.2, 0.25) is 0 Å². The Morgan fingerprint density at radius 1 is 1.26 bits per heavy atom. The number of hydrogen-bond acceptors (Lipinski definition) is 6. The Labute approximate surface area is 160 Å². The van der Waals surface area contributed by atoms with Gasteiger partial charge in [-0.05, 0) is 18.6 Å². The predicted octanol–water partition coefficient (Wildman–Crippen LogP) is 3.57. The summed E-state index contributed by atoms with van der Waals surface area (Å²) in [7, 11) is 4.74. The van der Waals surface area contributed by atoms with Gasteiger partial charge < -0.3 is 14.4 Å². The van der Waals surface area contributed by atoms with E-state index in [-0.39, 0.29) is 24.9 Å². The van der Waals surface area contributed by atoms with Crippen molar-refractivity contribution in [3.05, 3.63) is 51.9 Å². The number of aromatic nitrogens is 2. The zero-order valence-corrected chi connectivity index (χ0v) is 16.4. The molecular weight excluding hydrogens is 369 g/mol. The van der Waals surface area contributed by atoms with E-state index in [2.05, 4.69) is 9.97 Å². The molecule has 0 aliphatic rings. The number of hydrogen-bond donors (Lipinski definition) is 0. The summed E-state index contributed by atoms with van der Waals surface area (Å²) in [5, 5.41) is 0.713. The van der Waals surface area contributed by atoms with Crippen LogP contribution in [-0.2, 0) is 17.9 Å². The molecule has 0 saturated heterocycles. The minimum atomic E-state index is -0.332. The lowest BCUT2D eigenvalue weighted by molar-refractivity contribution is 0.0788. The number of thiophene rings is 1. The average molecular weight is 389 g/mol. The van der Waals surface area contributed by atoms with Crippen LogP contribution in [0.3, 0.4) is 0 Å². The molecule has 6 nitrogen and oxygen atoms in total. The molecule has 0 bridgehead atoms. The highest BCUT2D eigenvalue weighted by Gasteiger charge is 2.23. The fraction of sp³-hybridized carbons (Fsp3) is 0.316. The number of benzene rings is 1. The number of halogens is 1. The normalized spacial score (nSPS) is 11.0. The van der Waals surface area contributed by atoms with Crippen LogP contribution < -0.4 is 4.74 Å². The zero-order chi connectivity index (χ0) is 19.6. The third kappa shape index (κ3) is 3.77. The molecule has 0 aliphatic carbocycles. The van der Waals surface area contributed by atoms with Crippen molar-refractivity contribution in [2.24, 2.45) is 0 Å². The molecule has 2 heterocycles. The molecule has 1 aromatic carbocycles. The standard InChI is InChI=1S/C19H20FN3O3S/c1-11-15-17(26-4)21-14(10-25-3)22-18(15)27-16(11)19(24)23(2)9-12-7-5-6-8-13(12)20/h5-8H,9-10H2,1-4H3. The highest BCUT2D eigenvalue weighted by molar-refractivity contribution is 7.20. The second kappa shape index (κ2) is 7.98. The van der Waals surface area contributed by atoms with E-state index in [9.17, 15) is 9.18 Å². The maximum atomic E-state index is 13.9. The van der Waals surface area contributed by atoms with Gasteiger partial charge in [0.05, 0.1) is 17.4 Å². The minimum absolute atomic E-state index is 0.178. The molecule has 142 valence electrons. The number of aryl methyl sites for hydroxylation is 1. The summed E-state index contributed by atoms with van der Waals surface area (Å²) >= 11 is 1.27. The third-order valence-corrected chi connectivity index (χ3v) is 5.35. The van der Waals surface area contributed by atoms with Crippen LogP contribution in [0.5, 0.6) is 5.88 Å². The molecule has 0 unspecified atom stereocenters. The van der Waals surface area contributed by atoms with Gasteiger partial charge in [0, 0.05) is 26.3 Å². The van der Waals surface area contributed by atoms with Crippen molar-refractivity contribution >= 4 is 27.5 Å². The third-order valence-electron chi connectivity index (χ3n) is 4.18. The monoisotopic (exact) mass is 389 g/mol. The topological polar surface area (TPSA) is 64.6 Å². The zero-order valence-electron chi connectivity index (χ0n) is 15.6. The highest BCUT2D eigenvalue weighted by Crippen LogP contribution is 2.35. The van der Waals surface area contributed by atoms with E-state index in [1.54, 1.807) is 32.4 Å². The number of methoxy groups -OCH3 is 2. The lowest BCUT2D eigenvalue weighted by Gasteiger charge is -2.17. The van der Waals surface area contributed by atoms with Crippen LogP contribution in [0.1, 0.15) is 26.6 Å². The Kier molecular flexibility index (Phi) is 5.67. The molecule has 0 aliphatic heterocycles. The molecule has 3 rings (SSSR count). The first-order valence-corrected chi connectivity index (χ1v) is 9.09. The Morgan fingerprint density at radius 2 is 2.00 bits per heavy atom. The second-order valence-electron chi connectivity index (χ2n) is 6.07. The van der Waals surface area contributed by atoms with Gasteiger partial charge in [-0.15, -0.1) is 11.3 Å². The van der Waals surface area contributed by atoms with Crippen LogP contribution in [-0.4, -0.2) is 42.0 Å². The number of carbonyl (C=O) groups excluding carboxylic acids is 1. The first-order chi connectivity index (χ1) is 13.0. The van der Waals surface area contributed by atoms with Gasteiger partial charge in [0.15, 0.2) is 5.82 Å². The van der Waals surface area contributed by atoms with Gasteiger partial charge in [-0.1, -0.05) is 18.2 Å². The number of nitrogens with zero attached hydrogens (tertiary/aromatic N) is 3. The number of ether oxygens (including phenoxy) is 2. The SMILES string of the molecule is COCc1nc(OC)c2c(C)c(C(=O)N(C)Cc3ccccc3F)sc2n1. The first-order valence-electron chi connectivity index (χ1n) is 8.28. The Hall–Kier alpha value is -2.58. The fourth-order valence-electron chi connectivity index (χ4n) is 2.82. The van der Waals surface area contributed by atoms with E-state index in [1.165, 1.54) is 29.4 Å². The van der Waals surface area contributed by atoms with Crippen molar-refractivity contribution in [3.8, 4) is 5.88 Å². The summed E-state index contributed by atoms with van der Waals surface area (Å²) in [6.45, 7) is 2.27. The van der Waals surface area contributed by atoms with Gasteiger partial charge in [-0.25, -0.2) is 9.37 Å². The molecule has 0 fully saturated rings. The number of rotatable bonds is 6. The van der Waals surface area contributed by atoms with Crippen molar-refractivity contribution < 1.29 is 18.7 Å². The summed E-state index contributed by atoms with van der Waals surface area (Å²) in [5.74, 6) is 0.370. The molecule has 0 radical (unpaired) electrons. The summed E-state index contributed by atoms with van der Waals surface area (Å²) in [6, 6.07) is 6.43. The van der Waals surface area contributed by atoms with Gasteiger partial charge in [0.1, 0.15) is 17.3 Å². The second-order valence-corrected chi connectivity index (χ2v) is 7.07. The maximum Gasteiger partial charge on any atom is 0.264 e. The van der Waals surface area contributed by atoms with E-state index in [1.807, 2.05) is 6.92 Å². The molecule has 0 saturated carbocycles. The largest absolute Gasteiger partial charge is 0.480 e. The molecule has 0 atom stereocenters. The minimum Gasteiger partial charge on any atom is -0.480 e. The summed E-state index contributed by atoms with van der Waals surface area (Å²) in [6.07, 6.45) is 0. The fourth-order valence-corrected chi connectivity index (χ4v) is 4.00. The quantitative estimate of drug-likeness (QED) is 0.645. The van der Waals surface area contributed by atoms with E-state index in [0.29, 0.717) is 32.4 Å². The average Bonchev–Trinajstić information content (AvgIpc) is 2.99. The molecular formula is C19H20FN3O3S. The summed E-state index contributed by atoms with van der Waals surface area (Å²) in [4.78, 5) is 24.5. The van der Waals surface area contributed by atoms with Gasteiger partial charge in [-0.3, -0.25) is 4.79 Å². The van der Waals surface area contributed by atoms with Crippen LogP contribution >= 0.6 is 11.3 Å². The smallest absolute Gasteiger partial charge is 0.264 e. The van der Waals surface area contributed by atoms with E-state index >= 15 is 0 Å². The molecule has 0 spiro atoms. The number of carbonyl (C=O) groups is 1. The Morgan fingerprint density at radius 3 is 2.67 bits per heavy atom. The van der Waals surface area contributed by atoms with Crippen LogP contribution in [0.25, 0.3) is 10.2 Å². The van der Waals surface area contributed by atoms with Crippen molar-refractivity contribution in [2.75, 3.05) is 21.3 Å². The van der Waals surface area contributed by atoms with Gasteiger partial charge in [0.25, 0.3) is 5.91 Å². The molecule has 1 amide bonds. The van der Waals surface area contributed by atoms with Crippen molar-refractivity contribution in [3.63, 3.8) is 0 Å². The van der Waals surface area contributed by atoms with Gasteiger partial charge in [0.2, 0.25) is 5.88 Å². The van der Waals surface area contributed by atoms with E-state index in [0.717, 1.165) is 5.56 Å².